The zero-order chi connectivity index (χ0) is 93.6. The lowest BCUT2D eigenvalue weighted by molar-refractivity contribution is -0.143. The van der Waals surface area contributed by atoms with Gasteiger partial charge in [-0.3, -0.25) is 81.7 Å². The Morgan fingerprint density at radius 2 is 0.952 bits per heavy atom. The molecule has 1 aromatic rings. The minimum Gasteiger partial charge on any atom is -0.508 e. The van der Waals surface area contributed by atoms with E-state index < -0.39 is 224 Å². The largest absolute Gasteiger partial charge is 0.508 e. The van der Waals surface area contributed by atoms with Gasteiger partial charge in [-0.05, 0) is 143 Å². The molecule has 2 aliphatic heterocycles. The zero-order valence-corrected chi connectivity index (χ0v) is 75.2. The van der Waals surface area contributed by atoms with Crippen molar-refractivity contribution in [3.8, 4) is 5.75 Å². The molecule has 0 radical (unpaired) electrons. The number of carbonyl (C=O) groups is 18. The number of aliphatic carboxylic acids is 1. The van der Waals surface area contributed by atoms with E-state index in [0.717, 1.165) is 18.6 Å². The first kappa shape index (κ1) is 109. The van der Waals surface area contributed by atoms with E-state index in [0.29, 0.717) is 18.4 Å². The Hall–Kier alpha value is -10.5. The highest BCUT2D eigenvalue weighted by Crippen LogP contribution is 2.33. The van der Waals surface area contributed by atoms with Crippen molar-refractivity contribution in [3.63, 3.8) is 0 Å². The number of carboxylic acid groups (broad SMARTS) is 1. The second kappa shape index (κ2) is 57.9. The predicted octanol–water partition coefficient (Wildman–Crippen LogP) is -5.11. The first-order valence-corrected chi connectivity index (χ1v) is 45.7. The molecule has 0 bridgehead atoms. The van der Waals surface area contributed by atoms with Gasteiger partial charge in [0, 0.05) is 36.8 Å². The summed E-state index contributed by atoms with van der Waals surface area (Å²) in [6.45, 7) is 9.89. The average molecular weight is 1820 g/mol. The smallest absolute Gasteiger partial charge is 0.326 e. The standard InChI is InChI=1S/C79H132N22O21S3/c1-11-44(8)65(76(119)96-53(34-45-21-23-46(103)24-22-45)73(116)95-52(33-41(2)3)74(117)99-64(43(6)7)77(120)121)100-71(114)48(18-16-30-84-78(82)83)94-75(118)63(42(4)5)98-72(115)49(25-26-57(81)104)92-70(113)51(28-32-124-10)93-68(111)47(17-14-15-29-80)91-69(112)50(27-31-123-9)89-62(109)38-88-67(110)54(39-102)90-61(108)37-87-60(107)36-86-59(106)35-85-58(105)20-13-12-19-56-66-55(40-125-56)97-79(122)101-66/h21-24,41-44,47-56,63-66,102-103H,11-20,25-40,80H2,1-10H3,(H2,81,104)(H,85,105)(H,86,106)(H,87,107)(H,88,110)(H,89,109)(H,90,108)(H,91,112)(H,92,113)(H,93,111)(H,94,118)(H,95,116)(H,96,119)(H,98,115)(H,99,117)(H,100,114)(H,120,121)(H4,82,83,84)(H2,97,101,122). The lowest BCUT2D eigenvalue weighted by atomic mass is 9.96. The number of aliphatic hydroxyl groups is 1. The van der Waals surface area contributed by atoms with Gasteiger partial charge in [-0.1, -0.05) is 80.4 Å². The van der Waals surface area contributed by atoms with Crippen molar-refractivity contribution in [2.75, 3.05) is 75.6 Å². The van der Waals surface area contributed by atoms with Crippen LogP contribution in [0, 0.1) is 23.7 Å². The Balaban J connectivity index is 1.77. The first-order valence-electron chi connectivity index (χ1n) is 41.9. The number of hydrogen-bond acceptors (Lipinski definition) is 25. The lowest BCUT2D eigenvalue weighted by Gasteiger charge is -2.30. The number of amides is 18. The monoisotopic (exact) mass is 1820 g/mol. The number of guanidine groups is 1. The van der Waals surface area contributed by atoms with Gasteiger partial charge in [-0.15, -0.1) is 0 Å². The number of carbonyl (C=O) groups excluding carboxylic acids is 17. The number of hydrogen-bond donors (Lipinski definition) is 24. The Labute approximate surface area is 740 Å². The molecule has 3 rings (SSSR count). The number of thioether (sulfide) groups is 3. The molecule has 0 saturated carbocycles. The first-order chi connectivity index (χ1) is 59.1. The van der Waals surface area contributed by atoms with Crippen molar-refractivity contribution in [2.24, 2.45) is 51.6 Å². The molecule has 43 nitrogen and oxygen atoms in total. The van der Waals surface area contributed by atoms with Gasteiger partial charge < -0.3 is 129 Å². The van der Waals surface area contributed by atoms with Crippen molar-refractivity contribution >= 4 is 148 Å². The van der Waals surface area contributed by atoms with Gasteiger partial charge in [0.2, 0.25) is 94.5 Å². The molecule has 15 unspecified atom stereocenters. The Morgan fingerprint density at radius 3 is 1.47 bits per heavy atom. The van der Waals surface area contributed by atoms with Crippen LogP contribution in [0.3, 0.4) is 0 Å². The number of fused-ring (bicyclic) bond motifs is 1. The van der Waals surface area contributed by atoms with Crippen molar-refractivity contribution < 1.29 is 102 Å². The molecule has 125 heavy (non-hydrogen) atoms. The molecule has 18 amide bonds. The maximum absolute atomic E-state index is 14.8. The van der Waals surface area contributed by atoms with Gasteiger partial charge >= 0.3 is 12.0 Å². The number of urea groups is 1. The summed E-state index contributed by atoms with van der Waals surface area (Å²) in [5, 5.41) is 73.9. The van der Waals surface area contributed by atoms with E-state index in [1.807, 2.05) is 0 Å². The molecule has 0 aromatic heterocycles. The second-order valence-corrected chi connectivity index (χ2v) is 34.9. The maximum Gasteiger partial charge on any atom is 0.326 e. The van der Waals surface area contributed by atoms with Crippen LogP contribution in [0.1, 0.15) is 157 Å². The SMILES string of the molecule is CCC(C)C(NC(=O)C(CCCN=C(N)N)NC(=O)C(NC(=O)C(CCC(N)=O)NC(=O)C(CCSC)NC(=O)C(CCCCN)NC(=O)C(CCSC)NC(=O)CNC(=O)C(CO)NC(=O)CNC(=O)CNC(=O)CNC(=O)CCCCC1SCC2NC(=O)NC21)C(C)C)C(=O)NC(Cc1ccc(O)cc1)C(=O)NC(CC(C)C)C(=O)NC(C(=O)O)C(C)C. The lowest BCUT2D eigenvalue weighted by Crippen LogP contribution is -2.62. The van der Waals surface area contributed by atoms with E-state index in [4.69, 9.17) is 22.9 Å². The van der Waals surface area contributed by atoms with Crippen molar-refractivity contribution in [2.45, 2.75) is 242 Å². The van der Waals surface area contributed by atoms with Crippen LogP contribution < -0.4 is 113 Å². The molecule has 46 heteroatoms. The summed E-state index contributed by atoms with van der Waals surface area (Å²) in [7, 11) is 0. The van der Waals surface area contributed by atoms with E-state index in [9.17, 15) is 102 Å². The molecule has 2 aliphatic rings. The van der Waals surface area contributed by atoms with Crippen molar-refractivity contribution in [1.29, 1.82) is 0 Å². The third-order valence-electron chi connectivity index (χ3n) is 20.3. The van der Waals surface area contributed by atoms with Crippen LogP contribution in [-0.4, -0.2) is 287 Å². The van der Waals surface area contributed by atoms with Crippen LogP contribution in [0.25, 0.3) is 0 Å². The number of primary amides is 1. The highest BCUT2D eigenvalue weighted by molar-refractivity contribution is 8.00. The number of rotatable bonds is 61. The number of nitrogens with one attached hydrogen (secondary N) is 17. The van der Waals surface area contributed by atoms with E-state index in [-0.39, 0.29) is 136 Å². The molecule has 2 heterocycles. The number of aliphatic hydroxyl groups excluding tert-OH is 1. The molecule has 702 valence electrons. The van der Waals surface area contributed by atoms with E-state index >= 15 is 0 Å². The van der Waals surface area contributed by atoms with Gasteiger partial charge in [0.15, 0.2) is 5.96 Å². The fraction of sp³-hybridized carbons (Fsp3) is 0.684. The van der Waals surface area contributed by atoms with Crippen molar-refractivity contribution in [1.82, 2.24) is 90.4 Å². The van der Waals surface area contributed by atoms with E-state index in [1.54, 1.807) is 79.7 Å². The summed E-state index contributed by atoms with van der Waals surface area (Å²) in [5.74, 6) is -16.3. The fourth-order valence-electron chi connectivity index (χ4n) is 13.0. The van der Waals surface area contributed by atoms with E-state index in [1.165, 1.54) is 47.8 Å². The number of benzene rings is 1. The summed E-state index contributed by atoms with van der Waals surface area (Å²) in [6, 6.07) is -10.3. The molecule has 1 aromatic carbocycles. The Bertz CT molecular complexity index is 3810. The molecule has 28 N–H and O–H groups in total. The summed E-state index contributed by atoms with van der Waals surface area (Å²) >= 11 is 4.35. The summed E-state index contributed by atoms with van der Waals surface area (Å²) in [4.78, 5) is 247. The average Bonchev–Trinajstić information content (AvgIpc) is 1.69. The Morgan fingerprint density at radius 1 is 0.496 bits per heavy atom. The highest BCUT2D eigenvalue weighted by atomic mass is 32.2. The normalized spacial score (nSPS) is 16.8. The molecule has 0 spiro atoms. The molecule has 2 fully saturated rings. The summed E-state index contributed by atoms with van der Waals surface area (Å²) in [5.41, 5.74) is 23.1. The van der Waals surface area contributed by atoms with E-state index in [2.05, 4.69) is 95.4 Å². The molecular formula is C79H132N22O21S3. The minimum atomic E-state index is -1.64. The van der Waals surface area contributed by atoms with Gasteiger partial charge in [-0.25, -0.2) is 9.59 Å². The number of aromatic hydroxyl groups is 1. The summed E-state index contributed by atoms with van der Waals surface area (Å²) in [6.07, 6.45) is 5.23. The predicted molar refractivity (Wildman–Crippen MR) is 470 cm³/mol. The van der Waals surface area contributed by atoms with Gasteiger partial charge in [0.05, 0.1) is 44.9 Å². The topological polar surface area (TPSA) is 689 Å². The van der Waals surface area contributed by atoms with Crippen LogP contribution in [0.2, 0.25) is 0 Å². The van der Waals surface area contributed by atoms with Gasteiger partial charge in [-0.2, -0.15) is 35.3 Å². The van der Waals surface area contributed by atoms with Crippen LogP contribution in [0.4, 0.5) is 4.79 Å². The molecular weight excluding hydrogens is 1690 g/mol. The zero-order valence-electron chi connectivity index (χ0n) is 72.8. The molecule has 15 atom stereocenters. The van der Waals surface area contributed by atoms with Crippen LogP contribution in [-0.2, 0) is 87.9 Å². The number of aliphatic imine (C=N–C) groups is 1. The third-order valence-corrected chi connectivity index (χ3v) is 23.1. The third kappa shape index (κ3) is 41.5. The molecule has 2 saturated heterocycles. The number of nitrogens with zero attached hydrogens (tertiary/aromatic N) is 1. The molecule has 0 aliphatic carbocycles. The summed E-state index contributed by atoms with van der Waals surface area (Å²) < 4.78 is 0. The number of carboxylic acids is 1. The highest BCUT2D eigenvalue weighted by Gasteiger charge is 2.43. The number of phenolic OH excluding ortho intramolecular Hbond substituents is 1. The minimum absolute atomic E-state index is 0.0142. The van der Waals surface area contributed by atoms with Crippen LogP contribution in [0.15, 0.2) is 29.3 Å². The maximum atomic E-state index is 14.8. The fourth-order valence-corrected chi connectivity index (χ4v) is 15.5. The number of nitrogens with two attached hydrogens (primary N) is 4. The van der Waals surface area contributed by atoms with Gasteiger partial charge in [0.25, 0.3) is 0 Å². The van der Waals surface area contributed by atoms with Crippen LogP contribution >= 0.6 is 35.3 Å². The van der Waals surface area contributed by atoms with Crippen LogP contribution in [0.5, 0.6) is 5.75 Å². The van der Waals surface area contributed by atoms with Gasteiger partial charge in [0.1, 0.15) is 72.2 Å². The van der Waals surface area contributed by atoms with Crippen molar-refractivity contribution in [3.05, 3.63) is 29.8 Å². The number of unbranched alkanes of at least 4 members (excludes halogenated alkanes) is 2. The second-order valence-electron chi connectivity index (χ2n) is 31.7. The quantitative estimate of drug-likeness (QED) is 0.0126. The number of phenols is 1. The Kier molecular flexibility index (Phi) is 50.4.